The van der Waals surface area contributed by atoms with E-state index in [4.69, 9.17) is 22.9 Å². The molecule has 86 valence electrons. The molecule has 4 heteroatoms. The first-order chi connectivity index (χ1) is 6.46. The summed E-state index contributed by atoms with van der Waals surface area (Å²) >= 11 is 0. The van der Waals surface area contributed by atoms with E-state index < -0.39 is 0 Å². The van der Waals surface area contributed by atoms with Crippen molar-refractivity contribution in [3.8, 4) is 0 Å². The summed E-state index contributed by atoms with van der Waals surface area (Å²) in [5.41, 5.74) is 23.0. The van der Waals surface area contributed by atoms with Crippen molar-refractivity contribution in [1.82, 2.24) is 0 Å². The maximum absolute atomic E-state index is 6.32. The summed E-state index contributed by atoms with van der Waals surface area (Å²) in [6.07, 6.45) is 2.66. The van der Waals surface area contributed by atoms with Crippen LogP contribution in [0.25, 0.3) is 0 Å². The molecule has 0 saturated heterocycles. The topological polar surface area (TPSA) is 104 Å². The predicted molar refractivity (Wildman–Crippen MR) is 61.7 cm³/mol. The lowest BCUT2D eigenvalue weighted by Crippen LogP contribution is -2.52. The van der Waals surface area contributed by atoms with E-state index in [9.17, 15) is 0 Å². The maximum Gasteiger partial charge on any atom is 0.0207 e. The summed E-state index contributed by atoms with van der Waals surface area (Å²) in [7, 11) is 0. The van der Waals surface area contributed by atoms with E-state index in [0.29, 0.717) is 19.0 Å². The molecule has 0 aromatic rings. The molecule has 8 N–H and O–H groups in total. The monoisotopic (exact) mass is 202 g/mol. The molecule has 0 rings (SSSR count). The maximum atomic E-state index is 6.32. The lowest BCUT2D eigenvalue weighted by molar-refractivity contribution is 0.239. The summed E-state index contributed by atoms with van der Waals surface area (Å²) in [6, 6.07) is 0.117. The fourth-order valence-corrected chi connectivity index (χ4v) is 1.81. The number of rotatable bonds is 7. The number of nitrogens with two attached hydrogens (primary N) is 4. The Labute approximate surface area is 87.4 Å². The van der Waals surface area contributed by atoms with Gasteiger partial charge in [0.05, 0.1) is 0 Å². The minimum absolute atomic E-state index is 0.117. The summed E-state index contributed by atoms with van der Waals surface area (Å²) < 4.78 is 0. The summed E-state index contributed by atoms with van der Waals surface area (Å²) in [4.78, 5) is 0. The van der Waals surface area contributed by atoms with Gasteiger partial charge in [0.25, 0.3) is 0 Å². The van der Waals surface area contributed by atoms with Crippen molar-refractivity contribution in [2.75, 3.05) is 13.1 Å². The first-order valence-electron chi connectivity index (χ1n) is 5.41. The van der Waals surface area contributed by atoms with Crippen LogP contribution in [0.2, 0.25) is 0 Å². The standard InChI is InChI=1S/C10H26N4/c1-8(7-12)10(14,4-3-5-11)6-9(2)13/h8-9H,3-7,11-14H2,1-2H3. The van der Waals surface area contributed by atoms with Crippen molar-refractivity contribution in [1.29, 1.82) is 0 Å². The molecular formula is C10H26N4. The zero-order valence-corrected chi connectivity index (χ0v) is 9.50. The quantitative estimate of drug-likeness (QED) is 0.457. The lowest BCUT2D eigenvalue weighted by atomic mass is 9.77. The van der Waals surface area contributed by atoms with E-state index in [1.165, 1.54) is 0 Å². The summed E-state index contributed by atoms with van der Waals surface area (Å²) in [5, 5.41) is 0. The number of hydrogen-bond acceptors (Lipinski definition) is 4. The molecular weight excluding hydrogens is 176 g/mol. The molecule has 0 fully saturated rings. The molecule has 3 atom stereocenters. The Hall–Kier alpha value is -0.160. The van der Waals surface area contributed by atoms with Crippen molar-refractivity contribution in [2.24, 2.45) is 28.9 Å². The third-order valence-electron chi connectivity index (χ3n) is 2.88. The van der Waals surface area contributed by atoms with Crippen LogP contribution in [-0.2, 0) is 0 Å². The smallest absolute Gasteiger partial charge is 0.0207 e. The molecule has 0 aromatic carbocycles. The van der Waals surface area contributed by atoms with Crippen LogP contribution in [0.3, 0.4) is 0 Å². The van der Waals surface area contributed by atoms with Crippen LogP contribution in [-0.4, -0.2) is 24.7 Å². The molecule has 0 amide bonds. The molecule has 4 nitrogen and oxygen atoms in total. The zero-order valence-electron chi connectivity index (χ0n) is 9.50. The zero-order chi connectivity index (χ0) is 11.2. The lowest BCUT2D eigenvalue weighted by Gasteiger charge is -2.36. The minimum Gasteiger partial charge on any atom is -0.330 e. The van der Waals surface area contributed by atoms with Crippen molar-refractivity contribution in [2.45, 2.75) is 44.7 Å². The largest absolute Gasteiger partial charge is 0.330 e. The van der Waals surface area contributed by atoms with Crippen LogP contribution >= 0.6 is 0 Å². The SMILES string of the molecule is CC(N)CC(N)(CCCN)C(C)CN. The highest BCUT2D eigenvalue weighted by Gasteiger charge is 2.31. The van der Waals surface area contributed by atoms with Crippen LogP contribution < -0.4 is 22.9 Å². The van der Waals surface area contributed by atoms with Crippen molar-refractivity contribution >= 4 is 0 Å². The van der Waals surface area contributed by atoms with Gasteiger partial charge in [0, 0.05) is 11.6 Å². The van der Waals surface area contributed by atoms with E-state index in [1.54, 1.807) is 0 Å². The first kappa shape index (κ1) is 13.8. The fourth-order valence-electron chi connectivity index (χ4n) is 1.81. The minimum atomic E-state index is -0.248. The van der Waals surface area contributed by atoms with Crippen molar-refractivity contribution in [3.05, 3.63) is 0 Å². The van der Waals surface area contributed by atoms with Gasteiger partial charge in [-0.15, -0.1) is 0 Å². The second-order valence-corrected chi connectivity index (χ2v) is 4.44. The Morgan fingerprint density at radius 2 is 1.79 bits per heavy atom. The van der Waals surface area contributed by atoms with E-state index in [-0.39, 0.29) is 11.6 Å². The van der Waals surface area contributed by atoms with Crippen LogP contribution in [0, 0.1) is 5.92 Å². The van der Waals surface area contributed by atoms with Crippen LogP contribution in [0.5, 0.6) is 0 Å². The Morgan fingerprint density at radius 3 is 2.14 bits per heavy atom. The van der Waals surface area contributed by atoms with Gasteiger partial charge in [-0.1, -0.05) is 6.92 Å². The van der Waals surface area contributed by atoms with Crippen LogP contribution in [0.4, 0.5) is 0 Å². The molecule has 3 unspecified atom stereocenters. The van der Waals surface area contributed by atoms with Gasteiger partial charge in [0.15, 0.2) is 0 Å². The Morgan fingerprint density at radius 1 is 1.21 bits per heavy atom. The van der Waals surface area contributed by atoms with E-state index >= 15 is 0 Å². The van der Waals surface area contributed by atoms with E-state index in [1.807, 2.05) is 6.92 Å². The third-order valence-corrected chi connectivity index (χ3v) is 2.88. The Balaban J connectivity index is 4.32. The van der Waals surface area contributed by atoms with Gasteiger partial charge in [-0.05, 0) is 45.2 Å². The van der Waals surface area contributed by atoms with Crippen LogP contribution in [0.15, 0.2) is 0 Å². The molecule has 0 aromatic heterocycles. The highest BCUT2D eigenvalue weighted by Crippen LogP contribution is 2.24. The molecule has 0 heterocycles. The van der Waals surface area contributed by atoms with Crippen molar-refractivity contribution < 1.29 is 0 Å². The molecule has 0 saturated carbocycles. The molecule has 0 radical (unpaired) electrons. The van der Waals surface area contributed by atoms with Gasteiger partial charge in [0.1, 0.15) is 0 Å². The highest BCUT2D eigenvalue weighted by atomic mass is 14.8. The van der Waals surface area contributed by atoms with Crippen LogP contribution in [0.1, 0.15) is 33.1 Å². The van der Waals surface area contributed by atoms with Gasteiger partial charge < -0.3 is 22.9 Å². The second-order valence-electron chi connectivity index (χ2n) is 4.44. The summed E-state index contributed by atoms with van der Waals surface area (Å²) in [5.74, 6) is 0.292. The van der Waals surface area contributed by atoms with Gasteiger partial charge in [-0.3, -0.25) is 0 Å². The molecule has 0 aliphatic carbocycles. The normalized spacial score (nSPS) is 20.1. The van der Waals surface area contributed by atoms with Gasteiger partial charge >= 0.3 is 0 Å². The van der Waals surface area contributed by atoms with Crippen molar-refractivity contribution in [3.63, 3.8) is 0 Å². The Bertz CT molecular complexity index is 149. The molecule has 14 heavy (non-hydrogen) atoms. The summed E-state index contributed by atoms with van der Waals surface area (Å²) in [6.45, 7) is 5.34. The molecule has 0 spiro atoms. The molecule has 0 aliphatic heterocycles. The average molecular weight is 202 g/mol. The van der Waals surface area contributed by atoms with E-state index in [2.05, 4.69) is 6.92 Å². The Kier molecular flexibility index (Phi) is 6.27. The predicted octanol–water partition coefficient (Wildman–Crippen LogP) is -0.245. The first-order valence-corrected chi connectivity index (χ1v) is 5.41. The van der Waals surface area contributed by atoms with Gasteiger partial charge in [-0.25, -0.2) is 0 Å². The van der Waals surface area contributed by atoms with Gasteiger partial charge in [-0.2, -0.15) is 0 Å². The molecule has 0 aliphatic rings. The van der Waals surface area contributed by atoms with Gasteiger partial charge in [0.2, 0.25) is 0 Å². The van der Waals surface area contributed by atoms with E-state index in [0.717, 1.165) is 19.3 Å². The average Bonchev–Trinajstić information content (AvgIpc) is 2.12. The number of hydrogen-bond donors (Lipinski definition) is 4. The fraction of sp³-hybridized carbons (Fsp3) is 1.00. The molecule has 0 bridgehead atoms. The highest BCUT2D eigenvalue weighted by molar-refractivity contribution is 4.91. The third kappa shape index (κ3) is 4.37. The second kappa shape index (κ2) is 6.35.